The summed E-state index contributed by atoms with van der Waals surface area (Å²) >= 11 is 0. The molecule has 0 unspecified atom stereocenters. The van der Waals surface area contributed by atoms with E-state index in [9.17, 15) is 18.0 Å². The van der Waals surface area contributed by atoms with Crippen molar-refractivity contribution in [2.24, 2.45) is 0 Å². The third-order valence-electron chi connectivity index (χ3n) is 6.39. The van der Waals surface area contributed by atoms with Crippen LogP contribution in [-0.2, 0) is 0 Å². The van der Waals surface area contributed by atoms with E-state index in [4.69, 9.17) is 0 Å². The Morgan fingerprint density at radius 3 is 2.43 bits per heavy atom. The van der Waals surface area contributed by atoms with Crippen molar-refractivity contribution < 1.29 is 18.0 Å². The molecule has 5 nitrogen and oxygen atoms in total. The number of halogens is 3. The molecular formula is C22H21F3N4O. The van der Waals surface area contributed by atoms with E-state index in [0.29, 0.717) is 5.69 Å². The van der Waals surface area contributed by atoms with Gasteiger partial charge in [-0.15, -0.1) is 0 Å². The van der Waals surface area contributed by atoms with Gasteiger partial charge in [-0.3, -0.25) is 4.79 Å². The lowest BCUT2D eigenvalue weighted by Gasteiger charge is -2.39. The van der Waals surface area contributed by atoms with E-state index in [2.05, 4.69) is 10.1 Å². The smallest absolute Gasteiger partial charge is 0.280 e. The van der Waals surface area contributed by atoms with E-state index in [1.807, 2.05) is 17.0 Å². The average Bonchev–Trinajstić information content (AvgIpc) is 3.25. The molecular weight excluding hydrogens is 393 g/mol. The summed E-state index contributed by atoms with van der Waals surface area (Å²) in [6.45, 7) is 1.63. The maximum absolute atomic E-state index is 13.4. The van der Waals surface area contributed by atoms with Crippen LogP contribution >= 0.6 is 0 Å². The number of nitrogens with zero attached hydrogens (tertiary/aromatic N) is 4. The Morgan fingerprint density at radius 2 is 1.80 bits per heavy atom. The third kappa shape index (κ3) is 3.05. The number of hydrogen-bond donors (Lipinski definition) is 0. The lowest BCUT2D eigenvalue weighted by molar-refractivity contribution is 0.0573. The number of hydrogen-bond acceptors (Lipinski definition) is 3. The highest BCUT2D eigenvalue weighted by Gasteiger charge is 2.44. The van der Waals surface area contributed by atoms with Gasteiger partial charge < -0.3 is 4.90 Å². The van der Waals surface area contributed by atoms with Crippen LogP contribution in [0.1, 0.15) is 65.3 Å². The van der Waals surface area contributed by atoms with Crippen LogP contribution < -0.4 is 0 Å². The van der Waals surface area contributed by atoms with E-state index in [0.717, 1.165) is 35.8 Å². The van der Waals surface area contributed by atoms with Gasteiger partial charge in [-0.1, -0.05) is 12.1 Å². The summed E-state index contributed by atoms with van der Waals surface area (Å²) in [6, 6.07) is 8.02. The molecule has 0 saturated carbocycles. The Kier molecular flexibility index (Phi) is 4.52. The number of alkyl halides is 2. The van der Waals surface area contributed by atoms with Crippen LogP contribution in [0.25, 0.3) is 5.65 Å². The summed E-state index contributed by atoms with van der Waals surface area (Å²) in [5.74, 6) is -0.177. The van der Waals surface area contributed by atoms with Crippen LogP contribution in [0, 0.1) is 12.7 Å². The van der Waals surface area contributed by atoms with Crippen LogP contribution in [-0.4, -0.2) is 37.5 Å². The van der Waals surface area contributed by atoms with Crippen molar-refractivity contribution in [2.75, 3.05) is 0 Å². The van der Waals surface area contributed by atoms with Gasteiger partial charge in [-0.2, -0.15) is 5.10 Å². The summed E-state index contributed by atoms with van der Waals surface area (Å²) in [6.07, 6.45) is 2.06. The number of amides is 1. The van der Waals surface area contributed by atoms with E-state index < -0.39 is 6.43 Å². The number of carbonyl (C=O) groups excluding carboxylic acids is 1. The van der Waals surface area contributed by atoms with Crippen molar-refractivity contribution in [3.05, 3.63) is 64.9 Å². The maximum atomic E-state index is 13.4. The van der Waals surface area contributed by atoms with Gasteiger partial charge in [0.15, 0.2) is 5.65 Å². The molecule has 30 heavy (non-hydrogen) atoms. The van der Waals surface area contributed by atoms with Gasteiger partial charge in [-0.05, 0) is 62.3 Å². The maximum Gasteiger partial charge on any atom is 0.280 e. The van der Waals surface area contributed by atoms with Crippen LogP contribution in [0.2, 0.25) is 0 Å². The lowest BCUT2D eigenvalue weighted by Crippen LogP contribution is -2.46. The highest BCUT2D eigenvalue weighted by atomic mass is 19.3. The van der Waals surface area contributed by atoms with Gasteiger partial charge in [0.1, 0.15) is 17.1 Å². The van der Waals surface area contributed by atoms with Crippen molar-refractivity contribution in [2.45, 2.75) is 57.0 Å². The third-order valence-corrected chi connectivity index (χ3v) is 6.39. The fourth-order valence-corrected chi connectivity index (χ4v) is 5.07. The van der Waals surface area contributed by atoms with E-state index in [1.54, 1.807) is 6.92 Å². The number of aromatic nitrogens is 3. The molecule has 2 bridgehead atoms. The number of piperidine rings is 1. The van der Waals surface area contributed by atoms with Crippen molar-refractivity contribution in [3.63, 3.8) is 0 Å². The Labute approximate surface area is 171 Å². The summed E-state index contributed by atoms with van der Waals surface area (Å²) in [5.41, 5.74) is 1.68. The number of carbonyl (C=O) groups is 1. The molecule has 0 N–H and O–H groups in total. The van der Waals surface area contributed by atoms with Crippen molar-refractivity contribution in [3.8, 4) is 0 Å². The van der Waals surface area contributed by atoms with Gasteiger partial charge >= 0.3 is 0 Å². The molecule has 2 atom stereocenters. The van der Waals surface area contributed by atoms with E-state index in [1.165, 1.54) is 24.4 Å². The molecule has 0 radical (unpaired) electrons. The summed E-state index contributed by atoms with van der Waals surface area (Å²) < 4.78 is 41.1. The van der Waals surface area contributed by atoms with Gasteiger partial charge in [0.05, 0.1) is 6.20 Å². The molecule has 2 saturated heterocycles. The SMILES string of the molecule is Cc1cc(C(F)F)n2ncc(C(=O)N3[C@@H]4CC[C@@H]3CC(c3ccc(F)cc3)C4)c2n1. The summed E-state index contributed by atoms with van der Waals surface area (Å²) in [7, 11) is 0. The number of benzene rings is 1. The normalized spacial score (nSPS) is 23.5. The standard InChI is InChI=1S/C22H21F3N4O/c1-12-8-19(20(24)25)29-21(27-12)18(11-26-29)22(30)28-16-6-7-17(28)10-14(9-16)13-2-4-15(23)5-3-13/h2-5,8,11,14,16-17,20H,6-7,9-10H2,1H3/t16-,17-/m1/s1. The first-order chi connectivity index (χ1) is 14.4. The zero-order valence-corrected chi connectivity index (χ0v) is 16.4. The monoisotopic (exact) mass is 414 g/mol. The zero-order valence-electron chi connectivity index (χ0n) is 16.4. The molecule has 2 aliphatic heterocycles. The fraction of sp³-hybridized carbons (Fsp3) is 0.409. The zero-order chi connectivity index (χ0) is 21.0. The van der Waals surface area contributed by atoms with Crippen LogP contribution in [0.4, 0.5) is 13.2 Å². The van der Waals surface area contributed by atoms with Crippen molar-refractivity contribution in [1.29, 1.82) is 0 Å². The minimum Gasteiger partial charge on any atom is -0.332 e. The minimum atomic E-state index is -2.71. The lowest BCUT2D eigenvalue weighted by atomic mass is 9.85. The number of fused-ring (bicyclic) bond motifs is 3. The molecule has 2 aliphatic rings. The average molecular weight is 414 g/mol. The second-order valence-corrected chi connectivity index (χ2v) is 8.23. The molecule has 0 spiro atoms. The molecule has 2 aromatic heterocycles. The Hall–Kier alpha value is -2.90. The first-order valence-electron chi connectivity index (χ1n) is 10.1. The van der Waals surface area contributed by atoms with Gasteiger partial charge in [0.25, 0.3) is 12.3 Å². The van der Waals surface area contributed by atoms with Gasteiger partial charge in [0.2, 0.25) is 0 Å². The van der Waals surface area contributed by atoms with E-state index in [-0.39, 0.29) is 46.6 Å². The first kappa shape index (κ1) is 19.1. The van der Waals surface area contributed by atoms with Gasteiger partial charge in [0, 0.05) is 17.8 Å². The molecule has 4 heterocycles. The predicted molar refractivity (Wildman–Crippen MR) is 104 cm³/mol. The predicted octanol–water partition coefficient (Wildman–Crippen LogP) is 4.67. The van der Waals surface area contributed by atoms with E-state index >= 15 is 0 Å². The molecule has 5 rings (SSSR count). The number of rotatable bonds is 3. The van der Waals surface area contributed by atoms with Gasteiger partial charge in [-0.25, -0.2) is 22.7 Å². The molecule has 2 fully saturated rings. The minimum absolute atomic E-state index is 0.0700. The van der Waals surface area contributed by atoms with Crippen molar-refractivity contribution in [1.82, 2.24) is 19.5 Å². The highest BCUT2D eigenvalue weighted by Crippen LogP contribution is 2.44. The molecule has 8 heteroatoms. The first-order valence-corrected chi connectivity index (χ1v) is 10.1. The fourth-order valence-electron chi connectivity index (χ4n) is 5.07. The molecule has 3 aromatic rings. The summed E-state index contributed by atoms with van der Waals surface area (Å²) in [4.78, 5) is 19.6. The molecule has 1 amide bonds. The van der Waals surface area contributed by atoms with Crippen molar-refractivity contribution >= 4 is 11.6 Å². The molecule has 1 aromatic carbocycles. The van der Waals surface area contributed by atoms with Crippen LogP contribution in [0.3, 0.4) is 0 Å². The van der Waals surface area contributed by atoms with Crippen LogP contribution in [0.15, 0.2) is 36.5 Å². The Balaban J connectivity index is 1.45. The molecule has 0 aliphatic carbocycles. The Morgan fingerprint density at radius 1 is 1.13 bits per heavy atom. The second-order valence-electron chi connectivity index (χ2n) is 8.23. The number of aryl methyl sites for hydroxylation is 1. The molecule has 156 valence electrons. The quantitative estimate of drug-likeness (QED) is 0.626. The second kappa shape index (κ2) is 7.11. The Bertz CT molecular complexity index is 1100. The summed E-state index contributed by atoms with van der Waals surface area (Å²) in [5, 5.41) is 4.03. The topological polar surface area (TPSA) is 50.5 Å². The largest absolute Gasteiger partial charge is 0.332 e. The van der Waals surface area contributed by atoms with Crippen LogP contribution in [0.5, 0.6) is 0 Å². The highest BCUT2D eigenvalue weighted by molar-refractivity contribution is 6.00.